The van der Waals surface area contributed by atoms with Gasteiger partial charge in [-0.15, -0.1) is 5.10 Å². The number of hydrogen-bond donors (Lipinski definition) is 1. The SMILES string of the molecule is N#Cc1ccn2nc(NC(=O)C34CC5CC(CC(C5)C3)C4)nc2c1. The minimum Gasteiger partial charge on any atom is -0.293 e. The lowest BCUT2D eigenvalue weighted by molar-refractivity contribution is -0.140. The van der Waals surface area contributed by atoms with Gasteiger partial charge < -0.3 is 0 Å². The molecule has 6 rings (SSSR count). The van der Waals surface area contributed by atoms with Gasteiger partial charge in [0, 0.05) is 12.3 Å². The van der Waals surface area contributed by atoms with Crippen LogP contribution in [-0.4, -0.2) is 20.5 Å². The molecular weight excluding hydrogens is 302 g/mol. The highest BCUT2D eigenvalue weighted by molar-refractivity contribution is 5.94. The second-order valence-corrected chi connectivity index (χ2v) is 7.92. The zero-order chi connectivity index (χ0) is 16.3. The molecule has 0 spiro atoms. The van der Waals surface area contributed by atoms with Gasteiger partial charge in [-0.3, -0.25) is 10.1 Å². The molecule has 4 aliphatic rings. The number of fused-ring (bicyclic) bond motifs is 1. The van der Waals surface area contributed by atoms with Gasteiger partial charge in [-0.25, -0.2) is 4.52 Å². The van der Waals surface area contributed by atoms with Gasteiger partial charge in [-0.05, 0) is 62.3 Å². The molecule has 1 N–H and O–H groups in total. The van der Waals surface area contributed by atoms with Gasteiger partial charge in [-0.1, -0.05) is 0 Å². The number of hydrogen-bond acceptors (Lipinski definition) is 4. The van der Waals surface area contributed by atoms with E-state index in [2.05, 4.69) is 21.5 Å². The molecule has 2 aromatic rings. The van der Waals surface area contributed by atoms with E-state index in [1.807, 2.05) is 0 Å². The van der Waals surface area contributed by atoms with Crippen molar-refractivity contribution in [2.24, 2.45) is 23.2 Å². The summed E-state index contributed by atoms with van der Waals surface area (Å²) in [6.45, 7) is 0. The second-order valence-electron chi connectivity index (χ2n) is 7.92. The summed E-state index contributed by atoms with van der Waals surface area (Å²) in [5.41, 5.74) is 0.910. The predicted octanol–water partition coefficient (Wildman–Crippen LogP) is 2.76. The van der Waals surface area contributed by atoms with Crippen molar-refractivity contribution in [3.63, 3.8) is 0 Å². The average Bonchev–Trinajstić information content (AvgIpc) is 2.94. The molecule has 0 aromatic carbocycles. The Balaban J connectivity index is 1.41. The van der Waals surface area contributed by atoms with Crippen molar-refractivity contribution >= 4 is 17.5 Å². The predicted molar refractivity (Wildman–Crippen MR) is 86.9 cm³/mol. The van der Waals surface area contributed by atoms with Crippen LogP contribution in [0.15, 0.2) is 18.3 Å². The number of anilines is 1. The van der Waals surface area contributed by atoms with Crippen molar-refractivity contribution in [3.8, 4) is 6.07 Å². The number of aromatic nitrogens is 3. The van der Waals surface area contributed by atoms with Crippen molar-refractivity contribution < 1.29 is 4.79 Å². The Hall–Kier alpha value is -2.42. The van der Waals surface area contributed by atoms with Crippen LogP contribution >= 0.6 is 0 Å². The highest BCUT2D eigenvalue weighted by atomic mass is 16.2. The third-order valence-electron chi connectivity index (χ3n) is 6.21. The number of carbonyl (C=O) groups is 1. The highest BCUT2D eigenvalue weighted by Gasteiger charge is 2.54. The molecule has 2 heterocycles. The molecule has 24 heavy (non-hydrogen) atoms. The van der Waals surface area contributed by atoms with Crippen molar-refractivity contribution in [2.75, 3.05) is 5.32 Å². The van der Waals surface area contributed by atoms with E-state index in [-0.39, 0.29) is 11.3 Å². The van der Waals surface area contributed by atoms with Gasteiger partial charge in [0.1, 0.15) is 0 Å². The number of rotatable bonds is 2. The van der Waals surface area contributed by atoms with E-state index in [4.69, 9.17) is 5.26 Å². The Morgan fingerprint density at radius 2 is 1.92 bits per heavy atom. The molecule has 0 unspecified atom stereocenters. The van der Waals surface area contributed by atoms with Crippen LogP contribution in [0, 0.1) is 34.5 Å². The van der Waals surface area contributed by atoms with E-state index < -0.39 is 0 Å². The zero-order valence-electron chi connectivity index (χ0n) is 13.4. The van der Waals surface area contributed by atoms with Gasteiger partial charge in [-0.2, -0.15) is 10.2 Å². The number of pyridine rings is 1. The fourth-order valence-corrected chi connectivity index (χ4v) is 5.63. The maximum absolute atomic E-state index is 13.0. The third-order valence-corrected chi connectivity index (χ3v) is 6.21. The van der Waals surface area contributed by atoms with Crippen LogP contribution in [0.3, 0.4) is 0 Å². The van der Waals surface area contributed by atoms with E-state index in [0.29, 0.717) is 17.2 Å². The maximum atomic E-state index is 13.0. The summed E-state index contributed by atoms with van der Waals surface area (Å²) in [4.78, 5) is 17.4. The van der Waals surface area contributed by atoms with Crippen LogP contribution < -0.4 is 5.32 Å². The molecule has 4 saturated carbocycles. The summed E-state index contributed by atoms with van der Waals surface area (Å²) in [6.07, 6.45) is 8.72. The van der Waals surface area contributed by atoms with E-state index in [0.717, 1.165) is 37.0 Å². The Morgan fingerprint density at radius 3 is 2.54 bits per heavy atom. The first-order valence-electron chi connectivity index (χ1n) is 8.71. The largest absolute Gasteiger partial charge is 0.293 e. The number of nitrogens with one attached hydrogen (secondary N) is 1. The van der Waals surface area contributed by atoms with E-state index in [9.17, 15) is 4.79 Å². The summed E-state index contributed by atoms with van der Waals surface area (Å²) >= 11 is 0. The Morgan fingerprint density at radius 1 is 1.25 bits per heavy atom. The molecule has 4 aliphatic carbocycles. The van der Waals surface area contributed by atoms with Crippen LogP contribution in [-0.2, 0) is 4.79 Å². The highest BCUT2D eigenvalue weighted by Crippen LogP contribution is 2.60. The van der Waals surface area contributed by atoms with Crippen molar-refractivity contribution in [1.29, 1.82) is 5.26 Å². The first-order chi connectivity index (χ1) is 11.6. The smallest absolute Gasteiger partial charge is 0.249 e. The molecule has 122 valence electrons. The van der Waals surface area contributed by atoms with Gasteiger partial charge in [0.15, 0.2) is 5.65 Å². The Labute approximate surface area is 139 Å². The monoisotopic (exact) mass is 321 g/mol. The summed E-state index contributed by atoms with van der Waals surface area (Å²) in [7, 11) is 0. The molecule has 0 aliphatic heterocycles. The Kier molecular flexibility index (Phi) is 2.79. The van der Waals surface area contributed by atoms with E-state index in [1.165, 1.54) is 19.3 Å². The lowest BCUT2D eigenvalue weighted by atomic mass is 9.49. The van der Waals surface area contributed by atoms with Crippen LogP contribution in [0.2, 0.25) is 0 Å². The van der Waals surface area contributed by atoms with Crippen molar-refractivity contribution in [2.45, 2.75) is 38.5 Å². The lowest BCUT2D eigenvalue weighted by Gasteiger charge is -2.55. The van der Waals surface area contributed by atoms with Gasteiger partial charge in [0.25, 0.3) is 0 Å². The molecule has 6 heteroatoms. The number of nitriles is 1. The van der Waals surface area contributed by atoms with E-state index >= 15 is 0 Å². The minimum atomic E-state index is -0.204. The number of carbonyl (C=O) groups excluding carboxylic acids is 1. The lowest BCUT2D eigenvalue weighted by Crippen LogP contribution is -2.51. The van der Waals surface area contributed by atoms with Crippen LogP contribution in [0.25, 0.3) is 5.65 Å². The quantitative estimate of drug-likeness (QED) is 0.922. The topological polar surface area (TPSA) is 83.1 Å². The first-order valence-corrected chi connectivity index (χ1v) is 8.71. The van der Waals surface area contributed by atoms with Crippen LogP contribution in [0.4, 0.5) is 5.95 Å². The summed E-state index contributed by atoms with van der Waals surface area (Å²) in [5, 5.41) is 16.2. The maximum Gasteiger partial charge on any atom is 0.249 e. The first kappa shape index (κ1) is 14.0. The summed E-state index contributed by atoms with van der Waals surface area (Å²) in [5.74, 6) is 2.63. The van der Waals surface area contributed by atoms with Crippen molar-refractivity contribution in [1.82, 2.24) is 14.6 Å². The fraction of sp³-hybridized carbons (Fsp3) is 0.556. The minimum absolute atomic E-state index is 0.0954. The molecular formula is C18H19N5O. The normalized spacial score (nSPS) is 33.5. The molecule has 1 amide bonds. The molecule has 0 atom stereocenters. The van der Waals surface area contributed by atoms with Gasteiger partial charge >= 0.3 is 0 Å². The van der Waals surface area contributed by atoms with Crippen LogP contribution in [0.5, 0.6) is 0 Å². The Bertz CT molecular complexity index is 842. The standard InChI is InChI=1S/C18H19N5O/c19-10-11-1-2-23-15(6-11)20-17(22-23)21-16(24)18-7-12-3-13(8-18)5-14(4-12)9-18/h1-2,6,12-14H,3-5,7-9H2,(H,21,22,24). The third kappa shape index (κ3) is 2.04. The molecule has 2 aromatic heterocycles. The molecule has 0 saturated heterocycles. The van der Waals surface area contributed by atoms with Crippen LogP contribution in [0.1, 0.15) is 44.1 Å². The van der Waals surface area contributed by atoms with Gasteiger partial charge in [0.05, 0.1) is 17.0 Å². The number of nitrogens with zero attached hydrogens (tertiary/aromatic N) is 4. The molecule has 0 radical (unpaired) electrons. The second kappa shape index (κ2) is 4.79. The van der Waals surface area contributed by atoms with Crippen molar-refractivity contribution in [3.05, 3.63) is 23.9 Å². The summed E-state index contributed by atoms with van der Waals surface area (Å²) in [6, 6.07) is 5.45. The molecule has 4 fully saturated rings. The van der Waals surface area contributed by atoms with Gasteiger partial charge in [0.2, 0.25) is 11.9 Å². The van der Waals surface area contributed by atoms with E-state index in [1.54, 1.807) is 22.8 Å². The fourth-order valence-electron chi connectivity index (χ4n) is 5.63. The number of amides is 1. The summed E-state index contributed by atoms with van der Waals surface area (Å²) < 4.78 is 1.59. The molecule has 6 nitrogen and oxygen atoms in total. The average molecular weight is 321 g/mol. The molecule has 4 bridgehead atoms. The zero-order valence-corrected chi connectivity index (χ0v) is 13.4.